The van der Waals surface area contributed by atoms with Gasteiger partial charge in [-0.2, -0.15) is 0 Å². The zero-order valence-corrected chi connectivity index (χ0v) is 9.72. The number of benzene rings is 1. The second kappa shape index (κ2) is 3.77. The number of hydrogen-bond donors (Lipinski definition) is 0. The molecule has 3 rings (SSSR count). The number of hydrogen-bond acceptors (Lipinski definition) is 5. The summed E-state index contributed by atoms with van der Waals surface area (Å²) in [5.74, 6) is 0. The molecule has 2 aromatic heterocycles. The van der Waals surface area contributed by atoms with Crippen molar-refractivity contribution in [1.29, 1.82) is 0 Å². The third-order valence-electron chi connectivity index (χ3n) is 2.14. The van der Waals surface area contributed by atoms with Crippen LogP contribution in [-0.2, 0) is 0 Å². The van der Waals surface area contributed by atoms with Gasteiger partial charge in [0.15, 0.2) is 11.3 Å². The van der Waals surface area contributed by atoms with Crippen LogP contribution in [0.5, 0.6) is 0 Å². The number of nitrogens with zero attached hydrogens (tertiary/aromatic N) is 2. The Hall–Kier alpha value is -1.59. The van der Waals surface area contributed by atoms with E-state index >= 15 is 0 Å². The average Bonchev–Trinajstić information content (AvgIpc) is 2.95. The molecule has 0 fully saturated rings. The molecule has 0 atom stereocenters. The Bertz CT molecular complexity index is 624. The maximum absolute atomic E-state index is 10.6. The van der Waals surface area contributed by atoms with Gasteiger partial charge in [-0.05, 0) is 12.1 Å². The van der Waals surface area contributed by atoms with E-state index in [0.717, 1.165) is 27.2 Å². The van der Waals surface area contributed by atoms with Gasteiger partial charge in [-0.15, -0.1) is 22.7 Å². The van der Waals surface area contributed by atoms with Crippen molar-refractivity contribution < 1.29 is 4.79 Å². The number of carbonyl (C=O) groups is 1. The first-order valence-electron chi connectivity index (χ1n) is 4.63. The number of aldehydes is 1. The van der Waals surface area contributed by atoms with Crippen molar-refractivity contribution in [3.05, 3.63) is 34.7 Å². The van der Waals surface area contributed by atoms with E-state index in [2.05, 4.69) is 9.97 Å². The van der Waals surface area contributed by atoms with E-state index in [0.29, 0.717) is 5.01 Å². The van der Waals surface area contributed by atoms with Gasteiger partial charge in [-0.25, -0.2) is 9.97 Å². The monoisotopic (exact) mass is 246 g/mol. The van der Waals surface area contributed by atoms with Gasteiger partial charge >= 0.3 is 0 Å². The van der Waals surface area contributed by atoms with Gasteiger partial charge in [0.25, 0.3) is 0 Å². The molecule has 0 saturated carbocycles. The molecule has 5 heteroatoms. The van der Waals surface area contributed by atoms with E-state index in [1.807, 2.05) is 29.6 Å². The van der Waals surface area contributed by atoms with Crippen LogP contribution in [0.2, 0.25) is 0 Å². The minimum Gasteiger partial charge on any atom is -0.295 e. The number of thiazole rings is 2. The summed E-state index contributed by atoms with van der Waals surface area (Å²) >= 11 is 2.93. The van der Waals surface area contributed by atoms with Gasteiger partial charge in [0.05, 0.1) is 10.2 Å². The Morgan fingerprint density at radius 3 is 2.81 bits per heavy atom. The molecule has 0 N–H and O–H groups in total. The molecule has 0 saturated heterocycles. The van der Waals surface area contributed by atoms with Gasteiger partial charge < -0.3 is 0 Å². The number of carbonyl (C=O) groups excluding carboxylic acids is 1. The molecule has 0 amide bonds. The summed E-state index contributed by atoms with van der Waals surface area (Å²) in [6.07, 6.45) is 0.765. The standard InChI is InChI=1S/C11H6N2OS2/c14-5-10-12-8(6-15-10)11-13-7-3-1-2-4-9(7)16-11/h1-6H. The Balaban J connectivity index is 2.14. The lowest BCUT2D eigenvalue weighted by atomic mass is 10.3. The maximum atomic E-state index is 10.6. The molecule has 2 heterocycles. The van der Waals surface area contributed by atoms with Crippen LogP contribution >= 0.6 is 22.7 Å². The summed E-state index contributed by atoms with van der Waals surface area (Å²) in [4.78, 5) is 19.2. The van der Waals surface area contributed by atoms with E-state index < -0.39 is 0 Å². The third kappa shape index (κ3) is 1.54. The zero-order chi connectivity index (χ0) is 11.0. The summed E-state index contributed by atoms with van der Waals surface area (Å²) in [7, 11) is 0. The molecule has 0 spiro atoms. The molecule has 0 aliphatic heterocycles. The molecule has 0 aliphatic carbocycles. The summed E-state index contributed by atoms with van der Waals surface area (Å²) < 4.78 is 1.14. The van der Waals surface area contributed by atoms with Crippen LogP contribution in [0, 0.1) is 0 Å². The Kier molecular flexibility index (Phi) is 2.27. The third-order valence-corrected chi connectivity index (χ3v) is 3.96. The Morgan fingerprint density at radius 1 is 1.19 bits per heavy atom. The molecule has 3 aromatic rings. The van der Waals surface area contributed by atoms with Crippen LogP contribution in [0.1, 0.15) is 9.80 Å². The highest BCUT2D eigenvalue weighted by Crippen LogP contribution is 2.30. The normalized spacial score (nSPS) is 10.8. The molecular formula is C11H6N2OS2. The summed E-state index contributed by atoms with van der Waals surface area (Å²) in [5, 5.41) is 3.22. The van der Waals surface area contributed by atoms with Gasteiger partial charge in [0.1, 0.15) is 10.7 Å². The lowest BCUT2D eigenvalue weighted by Gasteiger charge is -1.84. The predicted molar refractivity (Wildman–Crippen MR) is 66.1 cm³/mol. The van der Waals surface area contributed by atoms with E-state index in [-0.39, 0.29) is 0 Å². The van der Waals surface area contributed by atoms with Gasteiger partial charge in [0, 0.05) is 5.38 Å². The summed E-state index contributed by atoms with van der Waals surface area (Å²) in [6, 6.07) is 7.96. The minimum atomic E-state index is 0.495. The summed E-state index contributed by atoms with van der Waals surface area (Å²) in [5.41, 5.74) is 1.76. The van der Waals surface area contributed by atoms with Crippen molar-refractivity contribution in [2.24, 2.45) is 0 Å². The fraction of sp³-hybridized carbons (Fsp3) is 0. The zero-order valence-electron chi connectivity index (χ0n) is 8.08. The molecule has 1 aromatic carbocycles. The first-order valence-corrected chi connectivity index (χ1v) is 6.33. The first kappa shape index (κ1) is 9.62. The van der Waals surface area contributed by atoms with Crippen LogP contribution in [-0.4, -0.2) is 16.3 Å². The lowest BCUT2D eigenvalue weighted by Crippen LogP contribution is -1.78. The SMILES string of the molecule is O=Cc1nc(-c2nc3ccccc3s2)cs1. The highest BCUT2D eigenvalue weighted by Gasteiger charge is 2.09. The van der Waals surface area contributed by atoms with Gasteiger partial charge in [-0.3, -0.25) is 4.79 Å². The highest BCUT2D eigenvalue weighted by molar-refractivity contribution is 7.22. The smallest absolute Gasteiger partial charge is 0.178 e. The minimum absolute atomic E-state index is 0.495. The molecule has 78 valence electrons. The first-order chi connectivity index (χ1) is 7.86. The fourth-order valence-electron chi connectivity index (χ4n) is 1.42. The number of fused-ring (bicyclic) bond motifs is 1. The molecule has 0 radical (unpaired) electrons. The van der Waals surface area contributed by atoms with E-state index in [4.69, 9.17) is 0 Å². The van der Waals surface area contributed by atoms with Crippen molar-refractivity contribution in [2.45, 2.75) is 0 Å². The van der Waals surface area contributed by atoms with Crippen LogP contribution in [0.15, 0.2) is 29.6 Å². The number of rotatable bonds is 2. The van der Waals surface area contributed by atoms with Gasteiger partial charge in [-0.1, -0.05) is 12.1 Å². The van der Waals surface area contributed by atoms with E-state index in [9.17, 15) is 4.79 Å². The van der Waals surface area contributed by atoms with Crippen molar-refractivity contribution >= 4 is 39.2 Å². The van der Waals surface area contributed by atoms with Crippen molar-refractivity contribution in [3.8, 4) is 10.7 Å². The predicted octanol–water partition coefficient (Wildman–Crippen LogP) is 3.23. The van der Waals surface area contributed by atoms with Crippen LogP contribution < -0.4 is 0 Å². The van der Waals surface area contributed by atoms with Gasteiger partial charge in [0.2, 0.25) is 0 Å². The molecule has 3 nitrogen and oxygen atoms in total. The van der Waals surface area contributed by atoms with Crippen molar-refractivity contribution in [1.82, 2.24) is 9.97 Å². The molecule has 16 heavy (non-hydrogen) atoms. The number of para-hydroxylation sites is 1. The quantitative estimate of drug-likeness (QED) is 0.652. The largest absolute Gasteiger partial charge is 0.295 e. The molecular weight excluding hydrogens is 240 g/mol. The molecule has 0 aliphatic rings. The van der Waals surface area contributed by atoms with Crippen molar-refractivity contribution in [3.63, 3.8) is 0 Å². The number of aromatic nitrogens is 2. The van der Waals surface area contributed by atoms with Crippen molar-refractivity contribution in [2.75, 3.05) is 0 Å². The molecule has 0 unspecified atom stereocenters. The topological polar surface area (TPSA) is 42.9 Å². The Morgan fingerprint density at radius 2 is 2.06 bits per heavy atom. The Labute approximate surface area is 99.4 Å². The van der Waals surface area contributed by atoms with Crippen LogP contribution in [0.25, 0.3) is 20.9 Å². The van der Waals surface area contributed by atoms with Crippen LogP contribution in [0.4, 0.5) is 0 Å². The molecule has 0 bridgehead atoms. The van der Waals surface area contributed by atoms with E-state index in [1.54, 1.807) is 11.3 Å². The summed E-state index contributed by atoms with van der Waals surface area (Å²) in [6.45, 7) is 0. The highest BCUT2D eigenvalue weighted by atomic mass is 32.1. The lowest BCUT2D eigenvalue weighted by molar-refractivity contribution is 0.112. The maximum Gasteiger partial charge on any atom is 0.178 e. The average molecular weight is 246 g/mol. The second-order valence-corrected chi connectivity index (χ2v) is 5.10. The second-order valence-electron chi connectivity index (χ2n) is 3.18. The van der Waals surface area contributed by atoms with Crippen LogP contribution in [0.3, 0.4) is 0 Å². The fourth-order valence-corrected chi connectivity index (χ4v) is 3.03. The van der Waals surface area contributed by atoms with E-state index in [1.165, 1.54) is 11.3 Å².